The third-order valence-corrected chi connectivity index (χ3v) is 4.63. The first-order valence-corrected chi connectivity index (χ1v) is 8.94. The maximum atomic E-state index is 12.7. The number of halogens is 3. The van der Waals surface area contributed by atoms with E-state index in [2.05, 4.69) is 20.7 Å². The third-order valence-electron chi connectivity index (χ3n) is 4.63. The quantitative estimate of drug-likeness (QED) is 0.678. The summed E-state index contributed by atoms with van der Waals surface area (Å²) in [4.78, 5) is 1.32. The van der Waals surface area contributed by atoms with Gasteiger partial charge in [-0.2, -0.15) is 18.0 Å². The van der Waals surface area contributed by atoms with Crippen LogP contribution in [0, 0.1) is 0 Å². The Kier molecular flexibility index (Phi) is 4.97. The lowest BCUT2D eigenvalue weighted by molar-refractivity contribution is -0.137. The van der Waals surface area contributed by atoms with Gasteiger partial charge < -0.3 is 15.2 Å². The van der Waals surface area contributed by atoms with Crippen molar-refractivity contribution in [3.63, 3.8) is 0 Å². The molecule has 2 N–H and O–H groups in total. The predicted molar refractivity (Wildman–Crippen MR) is 98.4 cm³/mol. The number of hydrogen-bond acceptors (Lipinski definition) is 6. The van der Waals surface area contributed by atoms with E-state index < -0.39 is 17.3 Å². The number of benzene rings is 2. The van der Waals surface area contributed by atoms with E-state index in [1.165, 1.54) is 16.9 Å². The minimum atomic E-state index is -4.38. The fraction of sp³-hybridized carbons (Fsp3) is 0.316. The summed E-state index contributed by atoms with van der Waals surface area (Å²) in [6.07, 6.45) is -3.89. The molecule has 1 saturated heterocycles. The van der Waals surface area contributed by atoms with Gasteiger partial charge in [-0.1, -0.05) is 12.1 Å². The van der Waals surface area contributed by atoms with Gasteiger partial charge in [0, 0.05) is 30.0 Å². The highest BCUT2D eigenvalue weighted by Crippen LogP contribution is 2.32. The van der Waals surface area contributed by atoms with Crippen LogP contribution in [-0.2, 0) is 17.5 Å². The number of nitrogens with zero attached hydrogens (tertiary/aromatic N) is 4. The van der Waals surface area contributed by atoms with Crippen LogP contribution in [0.1, 0.15) is 12.0 Å². The monoisotopic (exact) mass is 405 g/mol. The van der Waals surface area contributed by atoms with Gasteiger partial charge in [0.2, 0.25) is 5.82 Å². The smallest absolute Gasteiger partial charge is 0.385 e. The lowest BCUT2D eigenvalue weighted by Crippen LogP contribution is -2.35. The SMILES string of the molecule is OC1(Cn2nnc(-c3ccccc3Nc3ccc(C(F)(F)F)cc3)n2)CCOC1. The van der Waals surface area contributed by atoms with Crippen molar-refractivity contribution >= 4 is 11.4 Å². The van der Waals surface area contributed by atoms with E-state index in [1.54, 1.807) is 24.3 Å². The summed E-state index contributed by atoms with van der Waals surface area (Å²) in [5, 5.41) is 25.9. The number of hydrogen-bond donors (Lipinski definition) is 2. The number of anilines is 2. The van der Waals surface area contributed by atoms with Crippen molar-refractivity contribution in [3.05, 3.63) is 54.1 Å². The van der Waals surface area contributed by atoms with Crippen LogP contribution >= 0.6 is 0 Å². The van der Waals surface area contributed by atoms with E-state index in [4.69, 9.17) is 4.74 Å². The number of nitrogens with one attached hydrogen (secondary N) is 1. The average molecular weight is 405 g/mol. The maximum absolute atomic E-state index is 12.7. The first-order chi connectivity index (χ1) is 13.8. The molecule has 2 aromatic carbocycles. The molecule has 152 valence electrons. The Balaban J connectivity index is 1.54. The van der Waals surface area contributed by atoms with Gasteiger partial charge in [-0.3, -0.25) is 0 Å². The molecular formula is C19H18F3N5O2. The molecule has 0 radical (unpaired) electrons. The summed E-state index contributed by atoms with van der Waals surface area (Å²) in [5.41, 5.74) is 0.0173. The topological polar surface area (TPSA) is 85.1 Å². The van der Waals surface area contributed by atoms with Crippen LogP contribution < -0.4 is 5.32 Å². The largest absolute Gasteiger partial charge is 0.416 e. The first kappa shape index (κ1) is 19.3. The number of ether oxygens (including phenoxy) is 1. The van der Waals surface area contributed by atoms with Gasteiger partial charge in [0.15, 0.2) is 0 Å². The summed E-state index contributed by atoms with van der Waals surface area (Å²) in [5.74, 6) is 0.336. The van der Waals surface area contributed by atoms with E-state index in [9.17, 15) is 18.3 Å². The molecule has 10 heteroatoms. The highest BCUT2D eigenvalue weighted by atomic mass is 19.4. The van der Waals surface area contributed by atoms with Crippen molar-refractivity contribution in [2.75, 3.05) is 18.5 Å². The molecule has 1 aliphatic heterocycles. The molecule has 29 heavy (non-hydrogen) atoms. The molecule has 0 bridgehead atoms. The molecule has 0 saturated carbocycles. The van der Waals surface area contributed by atoms with Crippen molar-refractivity contribution in [2.45, 2.75) is 24.7 Å². The van der Waals surface area contributed by atoms with Crippen molar-refractivity contribution < 1.29 is 23.0 Å². The molecule has 1 unspecified atom stereocenters. The van der Waals surface area contributed by atoms with Crippen LogP contribution in [0.5, 0.6) is 0 Å². The van der Waals surface area contributed by atoms with Gasteiger partial charge in [0.25, 0.3) is 0 Å². The summed E-state index contributed by atoms with van der Waals surface area (Å²) < 4.78 is 43.4. The van der Waals surface area contributed by atoms with Gasteiger partial charge >= 0.3 is 6.18 Å². The Morgan fingerprint density at radius 2 is 1.90 bits per heavy atom. The lowest BCUT2D eigenvalue weighted by atomic mass is 10.0. The van der Waals surface area contributed by atoms with Crippen LogP contribution in [0.25, 0.3) is 11.4 Å². The van der Waals surface area contributed by atoms with E-state index in [-0.39, 0.29) is 13.2 Å². The molecule has 1 aliphatic rings. The standard InChI is InChI=1S/C19H18F3N5O2/c20-19(21,22)13-5-7-14(8-6-13)23-16-4-2-1-3-15(16)17-24-26-27(25-17)11-18(28)9-10-29-12-18/h1-8,23,28H,9-12H2. The Morgan fingerprint density at radius 3 is 2.59 bits per heavy atom. The van der Waals surface area contributed by atoms with Crippen LogP contribution in [0.3, 0.4) is 0 Å². The van der Waals surface area contributed by atoms with Gasteiger partial charge in [0.05, 0.1) is 18.7 Å². The number of aliphatic hydroxyl groups is 1. The highest BCUT2D eigenvalue weighted by molar-refractivity contribution is 5.77. The van der Waals surface area contributed by atoms with Gasteiger partial charge in [-0.05, 0) is 41.6 Å². The lowest BCUT2D eigenvalue weighted by Gasteiger charge is -2.18. The Hall–Kier alpha value is -2.98. The number of para-hydroxylation sites is 1. The Bertz CT molecular complexity index is 982. The molecule has 0 amide bonds. The minimum absolute atomic E-state index is 0.161. The molecule has 2 heterocycles. The fourth-order valence-electron chi connectivity index (χ4n) is 3.09. The predicted octanol–water partition coefficient (Wildman–Crippen LogP) is 3.25. The number of alkyl halides is 3. The summed E-state index contributed by atoms with van der Waals surface area (Å²) in [6.45, 7) is 0.863. The van der Waals surface area contributed by atoms with Crippen molar-refractivity contribution in [1.82, 2.24) is 20.2 Å². The molecule has 3 aromatic rings. The molecule has 1 fully saturated rings. The average Bonchev–Trinajstić information content (AvgIpc) is 3.31. The summed E-state index contributed by atoms with van der Waals surface area (Å²) in [7, 11) is 0. The zero-order valence-corrected chi connectivity index (χ0v) is 15.2. The van der Waals surface area contributed by atoms with Crippen molar-refractivity contribution in [2.24, 2.45) is 0 Å². The van der Waals surface area contributed by atoms with E-state index >= 15 is 0 Å². The third kappa shape index (κ3) is 4.38. The maximum Gasteiger partial charge on any atom is 0.416 e. The minimum Gasteiger partial charge on any atom is -0.385 e. The van der Waals surface area contributed by atoms with Crippen LogP contribution in [0.2, 0.25) is 0 Å². The van der Waals surface area contributed by atoms with E-state index in [1.807, 2.05) is 0 Å². The molecule has 1 aromatic heterocycles. The summed E-state index contributed by atoms with van der Waals surface area (Å²) >= 11 is 0. The first-order valence-electron chi connectivity index (χ1n) is 8.94. The second kappa shape index (κ2) is 7.45. The zero-order chi connectivity index (χ0) is 20.5. The van der Waals surface area contributed by atoms with E-state index in [0.29, 0.717) is 35.8 Å². The molecule has 4 rings (SSSR count). The number of aromatic nitrogens is 4. The van der Waals surface area contributed by atoms with E-state index in [0.717, 1.165) is 12.1 Å². The van der Waals surface area contributed by atoms with Gasteiger partial charge in [-0.25, -0.2) is 0 Å². The molecule has 0 aliphatic carbocycles. The Morgan fingerprint density at radius 1 is 1.14 bits per heavy atom. The highest BCUT2D eigenvalue weighted by Gasteiger charge is 2.34. The van der Waals surface area contributed by atoms with Crippen LogP contribution in [-0.4, -0.2) is 44.1 Å². The molecule has 1 atom stereocenters. The summed E-state index contributed by atoms with van der Waals surface area (Å²) in [6, 6.07) is 11.9. The number of tetrazole rings is 1. The van der Waals surface area contributed by atoms with Gasteiger partial charge in [0.1, 0.15) is 5.60 Å². The molecular weight excluding hydrogens is 387 g/mol. The Labute approximate surface area is 164 Å². The normalized spacial score (nSPS) is 19.4. The van der Waals surface area contributed by atoms with Crippen LogP contribution in [0.15, 0.2) is 48.5 Å². The van der Waals surface area contributed by atoms with Crippen LogP contribution in [0.4, 0.5) is 24.5 Å². The fourth-order valence-corrected chi connectivity index (χ4v) is 3.09. The van der Waals surface area contributed by atoms with Crippen molar-refractivity contribution in [3.8, 4) is 11.4 Å². The number of rotatable bonds is 5. The van der Waals surface area contributed by atoms with Gasteiger partial charge in [-0.15, -0.1) is 10.2 Å². The molecule has 7 nitrogen and oxygen atoms in total. The van der Waals surface area contributed by atoms with Crippen molar-refractivity contribution in [1.29, 1.82) is 0 Å². The molecule has 0 spiro atoms. The second-order valence-corrected chi connectivity index (χ2v) is 6.92. The zero-order valence-electron chi connectivity index (χ0n) is 15.2. The second-order valence-electron chi connectivity index (χ2n) is 6.92.